The second kappa shape index (κ2) is 5.60. The van der Waals surface area contributed by atoms with E-state index in [-0.39, 0.29) is 5.84 Å². The predicted octanol–water partition coefficient (Wildman–Crippen LogP) is 0.865. The third kappa shape index (κ3) is 7.35. The summed E-state index contributed by atoms with van der Waals surface area (Å²) in [5.41, 5.74) is 6.67. The van der Waals surface area contributed by atoms with Crippen molar-refractivity contribution in [1.29, 1.82) is 0 Å². The Morgan fingerprint density at radius 1 is 1.46 bits per heavy atom. The summed E-state index contributed by atoms with van der Waals surface area (Å²) in [5.74, 6) is 0.246. The Kier molecular flexibility index (Phi) is 5.17. The summed E-state index contributed by atoms with van der Waals surface area (Å²) in [6, 6.07) is 0. The van der Waals surface area contributed by atoms with Crippen LogP contribution in [-0.4, -0.2) is 20.3 Å². The highest BCUT2D eigenvalue weighted by molar-refractivity contribution is 7.78. The first-order valence-corrected chi connectivity index (χ1v) is 4.63. The Hall–Kier alpha value is -1.01. The van der Waals surface area contributed by atoms with Crippen LogP contribution in [0, 0.1) is 0 Å². The molecule has 1 atom stereocenters. The summed E-state index contributed by atoms with van der Waals surface area (Å²) < 4.78 is 21.9. The Morgan fingerprint density at radius 3 is 2.38 bits per heavy atom. The van der Waals surface area contributed by atoms with Gasteiger partial charge in [-0.15, -0.1) is 4.40 Å². The Balaban J connectivity index is 4.57. The molecule has 6 heteroatoms. The number of hydrogen-bond donors (Lipinski definition) is 2. The second-order valence-corrected chi connectivity index (χ2v) is 3.15. The maximum atomic E-state index is 10.2. The molecule has 0 heterocycles. The lowest BCUT2D eigenvalue weighted by Gasteiger charge is -1.93. The number of allylic oxidation sites excluding steroid dienone is 2. The van der Waals surface area contributed by atoms with Crippen LogP contribution in [-0.2, 0) is 11.3 Å². The van der Waals surface area contributed by atoms with Gasteiger partial charge in [-0.3, -0.25) is 4.55 Å². The van der Waals surface area contributed by atoms with Gasteiger partial charge in [0.25, 0.3) is 11.3 Å². The molecule has 0 rings (SSSR count). The Morgan fingerprint density at radius 2 is 2.00 bits per heavy atom. The van der Waals surface area contributed by atoms with Gasteiger partial charge in [0, 0.05) is 11.4 Å². The van der Waals surface area contributed by atoms with Crippen LogP contribution in [0.3, 0.4) is 0 Å². The fourth-order valence-corrected chi connectivity index (χ4v) is 1.02. The SMILES string of the molecule is CC(N)=CC(C)=NC(C)=NS(=O)O. The number of aliphatic imine (C=N–C) groups is 1. The minimum atomic E-state index is -2.20. The van der Waals surface area contributed by atoms with Gasteiger partial charge >= 0.3 is 0 Å². The fourth-order valence-electron chi connectivity index (χ4n) is 0.750. The van der Waals surface area contributed by atoms with Gasteiger partial charge in [-0.25, -0.2) is 9.20 Å². The van der Waals surface area contributed by atoms with Gasteiger partial charge < -0.3 is 5.73 Å². The van der Waals surface area contributed by atoms with Crippen LogP contribution < -0.4 is 5.73 Å². The van der Waals surface area contributed by atoms with Crippen molar-refractivity contribution in [2.45, 2.75) is 20.8 Å². The molecular formula is C7H13N3O2S. The van der Waals surface area contributed by atoms with E-state index < -0.39 is 11.3 Å². The zero-order valence-corrected chi connectivity index (χ0v) is 8.63. The van der Waals surface area contributed by atoms with Crippen LogP contribution in [0.25, 0.3) is 0 Å². The molecule has 74 valence electrons. The maximum absolute atomic E-state index is 10.2. The lowest BCUT2D eigenvalue weighted by molar-refractivity contribution is 0.566. The van der Waals surface area contributed by atoms with E-state index in [1.807, 2.05) is 0 Å². The van der Waals surface area contributed by atoms with Gasteiger partial charge in [-0.2, -0.15) is 0 Å². The van der Waals surface area contributed by atoms with Crippen molar-refractivity contribution in [1.82, 2.24) is 0 Å². The monoisotopic (exact) mass is 203 g/mol. The van der Waals surface area contributed by atoms with Crippen molar-refractivity contribution in [2.24, 2.45) is 15.1 Å². The highest BCUT2D eigenvalue weighted by atomic mass is 32.2. The molecular weight excluding hydrogens is 190 g/mol. The number of amidine groups is 1. The number of rotatable bonds is 2. The van der Waals surface area contributed by atoms with E-state index in [1.165, 1.54) is 6.92 Å². The molecule has 0 aromatic rings. The predicted molar refractivity (Wildman–Crippen MR) is 54.9 cm³/mol. The smallest absolute Gasteiger partial charge is 0.283 e. The normalized spacial score (nSPS) is 17.4. The summed E-state index contributed by atoms with van der Waals surface area (Å²) in [4.78, 5) is 3.91. The van der Waals surface area contributed by atoms with E-state index >= 15 is 0 Å². The maximum Gasteiger partial charge on any atom is 0.283 e. The van der Waals surface area contributed by atoms with Crippen LogP contribution >= 0.6 is 0 Å². The second-order valence-electron chi connectivity index (χ2n) is 2.51. The average Bonchev–Trinajstić information content (AvgIpc) is 1.80. The van der Waals surface area contributed by atoms with Gasteiger partial charge in [0.05, 0.1) is 0 Å². The van der Waals surface area contributed by atoms with E-state index in [0.717, 1.165) is 0 Å². The van der Waals surface area contributed by atoms with Gasteiger partial charge in [0.2, 0.25) is 0 Å². The molecule has 0 aliphatic rings. The molecule has 3 N–H and O–H groups in total. The molecule has 0 saturated heterocycles. The molecule has 0 aliphatic heterocycles. The van der Waals surface area contributed by atoms with Crippen LogP contribution in [0.5, 0.6) is 0 Å². The largest absolute Gasteiger partial charge is 0.402 e. The molecule has 0 amide bonds. The minimum absolute atomic E-state index is 0.246. The van der Waals surface area contributed by atoms with Gasteiger partial charge in [0.15, 0.2) is 0 Å². The van der Waals surface area contributed by atoms with E-state index in [2.05, 4.69) is 9.39 Å². The van der Waals surface area contributed by atoms with Crippen molar-refractivity contribution < 1.29 is 8.76 Å². The summed E-state index contributed by atoms with van der Waals surface area (Å²) in [6.45, 7) is 5.00. The fraction of sp³-hybridized carbons (Fsp3) is 0.429. The summed E-state index contributed by atoms with van der Waals surface area (Å²) in [7, 11) is 0. The molecule has 0 aromatic carbocycles. The van der Waals surface area contributed by atoms with E-state index in [0.29, 0.717) is 11.4 Å². The molecule has 5 nitrogen and oxygen atoms in total. The minimum Gasteiger partial charge on any atom is -0.402 e. The molecule has 0 fully saturated rings. The topological polar surface area (TPSA) is 88.0 Å². The molecule has 0 radical (unpaired) electrons. The molecule has 0 saturated carbocycles. The molecule has 0 aliphatic carbocycles. The summed E-state index contributed by atoms with van der Waals surface area (Å²) in [6.07, 6.45) is 1.65. The summed E-state index contributed by atoms with van der Waals surface area (Å²) >= 11 is -2.20. The van der Waals surface area contributed by atoms with Gasteiger partial charge in [-0.1, -0.05) is 0 Å². The summed E-state index contributed by atoms with van der Waals surface area (Å²) in [5, 5.41) is 0. The van der Waals surface area contributed by atoms with Crippen LogP contribution in [0.15, 0.2) is 21.2 Å². The third-order valence-electron chi connectivity index (χ3n) is 0.985. The van der Waals surface area contributed by atoms with Crippen molar-refractivity contribution in [3.8, 4) is 0 Å². The quantitative estimate of drug-likeness (QED) is 0.396. The van der Waals surface area contributed by atoms with Crippen molar-refractivity contribution in [2.75, 3.05) is 0 Å². The molecule has 0 spiro atoms. The van der Waals surface area contributed by atoms with E-state index in [9.17, 15) is 4.21 Å². The van der Waals surface area contributed by atoms with Crippen LogP contribution in [0.2, 0.25) is 0 Å². The zero-order valence-electron chi connectivity index (χ0n) is 7.81. The standard InChI is InChI=1S/C7H13N3O2S/c1-5(8)4-6(2)9-7(3)10-13(11)12/h4H,8H2,1-3H3,(H,11,12). The van der Waals surface area contributed by atoms with Gasteiger partial charge in [0.1, 0.15) is 5.84 Å². The van der Waals surface area contributed by atoms with Crippen molar-refractivity contribution >= 4 is 22.8 Å². The van der Waals surface area contributed by atoms with Crippen molar-refractivity contribution in [3.63, 3.8) is 0 Å². The average molecular weight is 203 g/mol. The Labute approximate surface area is 79.9 Å². The first-order chi connectivity index (χ1) is 5.91. The first-order valence-electron chi connectivity index (χ1n) is 3.57. The van der Waals surface area contributed by atoms with Crippen LogP contribution in [0.4, 0.5) is 0 Å². The Bertz CT molecular complexity index is 290. The first kappa shape index (κ1) is 12.0. The van der Waals surface area contributed by atoms with Crippen molar-refractivity contribution in [3.05, 3.63) is 11.8 Å². The highest BCUT2D eigenvalue weighted by Gasteiger charge is 1.92. The molecule has 0 bridgehead atoms. The molecule has 0 aromatic heterocycles. The zero-order chi connectivity index (χ0) is 10.4. The number of nitrogens with zero attached hydrogens (tertiary/aromatic N) is 2. The van der Waals surface area contributed by atoms with Gasteiger partial charge in [-0.05, 0) is 26.8 Å². The van der Waals surface area contributed by atoms with E-state index in [1.54, 1.807) is 19.9 Å². The molecule has 13 heavy (non-hydrogen) atoms. The highest BCUT2D eigenvalue weighted by Crippen LogP contribution is 1.89. The lowest BCUT2D eigenvalue weighted by Crippen LogP contribution is -1.99. The number of nitrogens with two attached hydrogens (primary N) is 1. The number of hydrogen-bond acceptors (Lipinski definition) is 2. The third-order valence-corrected chi connectivity index (χ3v) is 1.41. The van der Waals surface area contributed by atoms with Crippen LogP contribution in [0.1, 0.15) is 20.8 Å². The molecule has 1 unspecified atom stereocenters. The van der Waals surface area contributed by atoms with E-state index in [4.69, 9.17) is 10.3 Å². The lowest BCUT2D eigenvalue weighted by atomic mass is 10.3.